The molecule has 0 aromatic heterocycles. The van der Waals surface area contributed by atoms with E-state index in [1.165, 1.54) is 218 Å². The largest absolute Gasteiger partial charge is 0.756 e. The summed E-state index contributed by atoms with van der Waals surface area (Å²) in [5.41, 5.74) is 0. The van der Waals surface area contributed by atoms with E-state index in [9.17, 15) is 19.0 Å². The van der Waals surface area contributed by atoms with Crippen molar-refractivity contribution in [2.24, 2.45) is 0 Å². The number of rotatable bonds is 56. The molecule has 3 atom stereocenters. The van der Waals surface area contributed by atoms with Gasteiger partial charge < -0.3 is 28.5 Å². The molecule has 416 valence electrons. The summed E-state index contributed by atoms with van der Waals surface area (Å²) in [6.45, 7) is 6.89. The number of ether oxygens (including phenoxy) is 1. The predicted molar refractivity (Wildman–Crippen MR) is 298 cm³/mol. The highest BCUT2D eigenvalue weighted by Gasteiger charge is 2.27. The van der Waals surface area contributed by atoms with Gasteiger partial charge in [-0.3, -0.25) is 14.2 Å². The molecular formula is C60H119N2O7P. The van der Waals surface area contributed by atoms with Crippen LogP contribution in [0.15, 0.2) is 12.2 Å². The van der Waals surface area contributed by atoms with Gasteiger partial charge >= 0.3 is 5.97 Å². The highest BCUT2D eigenvalue weighted by atomic mass is 31.2. The van der Waals surface area contributed by atoms with Crippen LogP contribution in [0.2, 0.25) is 0 Å². The summed E-state index contributed by atoms with van der Waals surface area (Å²) in [7, 11) is 1.21. The summed E-state index contributed by atoms with van der Waals surface area (Å²) >= 11 is 0. The maximum atomic E-state index is 13.5. The van der Waals surface area contributed by atoms with Gasteiger partial charge in [-0.2, -0.15) is 0 Å². The topological polar surface area (TPSA) is 114 Å². The third kappa shape index (κ3) is 51.6. The molecule has 0 aromatic carbocycles. The summed E-state index contributed by atoms with van der Waals surface area (Å²) in [6, 6.07) is -0.878. The number of hydrogen-bond acceptors (Lipinski definition) is 7. The van der Waals surface area contributed by atoms with Crippen LogP contribution in [0, 0.1) is 0 Å². The first-order valence-electron chi connectivity index (χ1n) is 30.5. The Morgan fingerprint density at radius 1 is 0.486 bits per heavy atom. The van der Waals surface area contributed by atoms with Crippen molar-refractivity contribution >= 4 is 19.7 Å². The number of allylic oxidation sites excluding steroid dienone is 1. The number of phosphoric ester groups is 1. The molecule has 1 amide bonds. The number of phosphoric acid groups is 1. The number of carbonyl (C=O) groups excluding carboxylic acids is 2. The first-order chi connectivity index (χ1) is 33.9. The van der Waals surface area contributed by atoms with Gasteiger partial charge in [-0.25, -0.2) is 0 Å². The van der Waals surface area contributed by atoms with Gasteiger partial charge in [0.05, 0.1) is 33.8 Å². The number of hydrogen-bond donors (Lipinski definition) is 1. The first kappa shape index (κ1) is 68.8. The fourth-order valence-electron chi connectivity index (χ4n) is 9.23. The lowest BCUT2D eigenvalue weighted by Gasteiger charge is -2.30. The highest BCUT2D eigenvalue weighted by Crippen LogP contribution is 2.38. The van der Waals surface area contributed by atoms with E-state index in [2.05, 4.69) is 26.1 Å². The average Bonchev–Trinajstić information content (AvgIpc) is 3.32. The molecule has 0 saturated heterocycles. The lowest BCUT2D eigenvalue weighted by Crippen LogP contribution is -2.47. The molecule has 0 saturated carbocycles. The minimum Gasteiger partial charge on any atom is -0.756 e. The van der Waals surface area contributed by atoms with E-state index in [-0.39, 0.29) is 31.5 Å². The SMILES string of the molecule is CCCCCCCCCCCC/C=C/C(OC(=O)CCCCCCCCCCCCCCC)C(COP(=O)([O-])OCC[N+](C)(C)C)NC(=O)CCCCCCCCCCCCCCCCCCCCC. The fourth-order valence-corrected chi connectivity index (χ4v) is 9.95. The molecule has 70 heavy (non-hydrogen) atoms. The van der Waals surface area contributed by atoms with Crippen LogP contribution in [0.4, 0.5) is 0 Å². The van der Waals surface area contributed by atoms with Crippen LogP contribution in [0.25, 0.3) is 0 Å². The predicted octanol–water partition coefficient (Wildman–Crippen LogP) is 17.8. The molecule has 0 spiro atoms. The summed E-state index contributed by atoms with van der Waals surface area (Å²) in [4.78, 5) is 39.9. The van der Waals surface area contributed by atoms with Crippen molar-refractivity contribution in [1.82, 2.24) is 5.32 Å². The number of nitrogens with zero attached hydrogens (tertiary/aromatic N) is 1. The van der Waals surface area contributed by atoms with Crippen LogP contribution >= 0.6 is 7.82 Å². The minimum atomic E-state index is -4.69. The van der Waals surface area contributed by atoms with E-state index < -0.39 is 20.0 Å². The number of likely N-dealkylation sites (N-methyl/N-ethyl adjacent to an activating group) is 1. The number of amides is 1. The van der Waals surface area contributed by atoms with Crippen molar-refractivity contribution < 1.29 is 37.3 Å². The number of unbranched alkanes of at least 4 members (excludes halogenated alkanes) is 40. The monoisotopic (exact) mass is 1010 g/mol. The van der Waals surface area contributed by atoms with Gasteiger partial charge in [-0.05, 0) is 31.8 Å². The minimum absolute atomic E-state index is 0.0169. The summed E-state index contributed by atoms with van der Waals surface area (Å²) in [6.07, 6.45) is 57.4. The Labute approximate surface area is 435 Å². The van der Waals surface area contributed by atoms with Gasteiger partial charge in [-0.15, -0.1) is 0 Å². The maximum absolute atomic E-state index is 13.5. The van der Waals surface area contributed by atoms with E-state index in [1.54, 1.807) is 0 Å². The molecule has 10 heteroatoms. The molecular weight excluding hydrogens is 892 g/mol. The van der Waals surface area contributed by atoms with E-state index in [0.29, 0.717) is 17.4 Å². The average molecular weight is 1010 g/mol. The third-order valence-electron chi connectivity index (χ3n) is 14.0. The molecule has 0 aliphatic heterocycles. The first-order valence-corrected chi connectivity index (χ1v) is 32.0. The van der Waals surface area contributed by atoms with E-state index >= 15 is 0 Å². The zero-order valence-corrected chi connectivity index (χ0v) is 48.4. The molecule has 9 nitrogen and oxygen atoms in total. The smallest absolute Gasteiger partial charge is 0.306 e. The quantitative estimate of drug-likeness (QED) is 0.0212. The van der Waals surface area contributed by atoms with Crippen molar-refractivity contribution in [2.45, 2.75) is 322 Å². The van der Waals surface area contributed by atoms with Crippen molar-refractivity contribution in [3.8, 4) is 0 Å². The zero-order chi connectivity index (χ0) is 51.5. The van der Waals surface area contributed by atoms with Crippen molar-refractivity contribution in [1.29, 1.82) is 0 Å². The Hall–Kier alpha value is -1.25. The second kappa shape index (κ2) is 51.2. The Kier molecular flexibility index (Phi) is 50.3. The third-order valence-corrected chi connectivity index (χ3v) is 14.9. The van der Waals surface area contributed by atoms with Gasteiger partial charge in [0.2, 0.25) is 5.91 Å². The number of esters is 1. The lowest BCUT2D eigenvalue weighted by molar-refractivity contribution is -0.870. The lowest BCUT2D eigenvalue weighted by atomic mass is 10.0. The van der Waals surface area contributed by atoms with Crippen LogP contribution < -0.4 is 10.2 Å². The zero-order valence-electron chi connectivity index (χ0n) is 47.5. The summed E-state index contributed by atoms with van der Waals surface area (Å²) in [5.74, 6) is -0.521. The molecule has 0 bridgehead atoms. The number of quaternary nitrogens is 1. The van der Waals surface area contributed by atoms with Crippen LogP contribution in [-0.4, -0.2) is 69.4 Å². The molecule has 3 unspecified atom stereocenters. The van der Waals surface area contributed by atoms with Crippen LogP contribution in [-0.2, 0) is 27.9 Å². The normalized spacial score (nSPS) is 13.8. The Morgan fingerprint density at radius 2 is 0.814 bits per heavy atom. The maximum Gasteiger partial charge on any atom is 0.306 e. The van der Waals surface area contributed by atoms with Gasteiger partial charge in [0.1, 0.15) is 19.3 Å². The Bertz CT molecular complexity index is 1210. The molecule has 0 aliphatic rings. The van der Waals surface area contributed by atoms with Crippen molar-refractivity contribution in [2.75, 3.05) is 40.9 Å². The number of nitrogens with one attached hydrogen (secondary N) is 1. The summed E-state index contributed by atoms with van der Waals surface area (Å²) in [5, 5.41) is 3.03. The standard InChI is InChI=1S/C60H119N2O7P/c1-7-10-13-16-19-22-25-28-29-30-31-32-33-35-37-40-43-46-49-52-59(63)61-57(56-68-70(65,66)67-55-54-62(4,5)6)58(51-48-45-42-39-36-27-24-21-18-15-12-9-3)69-60(64)53-50-47-44-41-38-34-26-23-20-17-14-11-8-2/h48,51,57-58H,7-47,49-50,52-56H2,1-6H3,(H-,61,63,65,66)/b51-48+. The van der Waals surface area contributed by atoms with Crippen LogP contribution in [0.1, 0.15) is 310 Å². The molecule has 0 fully saturated rings. The highest BCUT2D eigenvalue weighted by molar-refractivity contribution is 7.45. The van der Waals surface area contributed by atoms with Gasteiger partial charge in [0.15, 0.2) is 0 Å². The van der Waals surface area contributed by atoms with Gasteiger partial charge in [-0.1, -0.05) is 277 Å². The number of carbonyl (C=O) groups is 2. The van der Waals surface area contributed by atoms with Crippen molar-refractivity contribution in [3.63, 3.8) is 0 Å². The molecule has 0 aliphatic carbocycles. The van der Waals surface area contributed by atoms with Gasteiger partial charge in [0, 0.05) is 12.8 Å². The molecule has 0 rings (SSSR count). The second-order valence-electron chi connectivity index (χ2n) is 22.2. The van der Waals surface area contributed by atoms with E-state index in [0.717, 1.165) is 57.8 Å². The molecule has 0 aromatic rings. The summed E-state index contributed by atoms with van der Waals surface area (Å²) < 4.78 is 30.3. The second-order valence-corrected chi connectivity index (χ2v) is 23.6. The molecule has 1 N–H and O–H groups in total. The molecule has 0 radical (unpaired) electrons. The van der Waals surface area contributed by atoms with Crippen LogP contribution in [0.5, 0.6) is 0 Å². The van der Waals surface area contributed by atoms with E-state index in [1.807, 2.05) is 33.3 Å². The van der Waals surface area contributed by atoms with Gasteiger partial charge in [0.25, 0.3) is 7.82 Å². The fraction of sp³-hybridized carbons (Fsp3) is 0.933. The molecule has 0 heterocycles. The Morgan fingerprint density at radius 3 is 1.17 bits per heavy atom. The Balaban J connectivity index is 5.21. The van der Waals surface area contributed by atoms with Crippen LogP contribution in [0.3, 0.4) is 0 Å². The van der Waals surface area contributed by atoms with E-state index in [4.69, 9.17) is 13.8 Å². The van der Waals surface area contributed by atoms with Crippen molar-refractivity contribution in [3.05, 3.63) is 12.2 Å².